The first-order valence-corrected chi connectivity index (χ1v) is 5.64. The second-order valence-electron chi connectivity index (χ2n) is 3.81. The van der Waals surface area contributed by atoms with Crippen molar-refractivity contribution >= 4 is 5.57 Å². The number of rotatable bonds is 4. The molecule has 1 N–H and O–H groups in total. The van der Waals surface area contributed by atoms with E-state index in [1.807, 2.05) is 12.1 Å². The van der Waals surface area contributed by atoms with Crippen molar-refractivity contribution in [1.82, 2.24) is 5.32 Å². The van der Waals surface area contributed by atoms with Gasteiger partial charge >= 0.3 is 0 Å². The van der Waals surface area contributed by atoms with Crippen molar-refractivity contribution < 1.29 is 4.74 Å². The SMILES string of the molecule is C=CCOc1cccc(C2=CCNCC2)c1. The van der Waals surface area contributed by atoms with E-state index in [-0.39, 0.29) is 0 Å². The largest absolute Gasteiger partial charge is 0.490 e. The number of benzene rings is 1. The van der Waals surface area contributed by atoms with Gasteiger partial charge in [0.1, 0.15) is 12.4 Å². The average molecular weight is 215 g/mol. The Labute approximate surface area is 96.6 Å². The maximum atomic E-state index is 5.53. The lowest BCUT2D eigenvalue weighted by Gasteiger charge is -2.15. The zero-order valence-electron chi connectivity index (χ0n) is 9.41. The molecule has 0 bridgehead atoms. The minimum Gasteiger partial charge on any atom is -0.490 e. The standard InChI is InChI=1S/C14H17NO/c1-2-10-16-14-5-3-4-13(11-14)12-6-8-15-9-7-12/h2-6,11,15H,1,7-10H2. The fraction of sp³-hybridized carbons (Fsp3) is 0.286. The van der Waals surface area contributed by atoms with Crippen LogP contribution in [0, 0.1) is 0 Å². The molecule has 1 aliphatic rings. The highest BCUT2D eigenvalue weighted by Gasteiger charge is 2.06. The Morgan fingerprint density at radius 3 is 3.12 bits per heavy atom. The van der Waals surface area contributed by atoms with Gasteiger partial charge in [0.15, 0.2) is 0 Å². The fourth-order valence-corrected chi connectivity index (χ4v) is 1.83. The molecule has 1 aromatic carbocycles. The van der Waals surface area contributed by atoms with Gasteiger partial charge in [0.25, 0.3) is 0 Å². The van der Waals surface area contributed by atoms with E-state index >= 15 is 0 Å². The quantitative estimate of drug-likeness (QED) is 0.780. The summed E-state index contributed by atoms with van der Waals surface area (Å²) in [5.74, 6) is 0.914. The molecular weight excluding hydrogens is 198 g/mol. The van der Waals surface area contributed by atoms with E-state index in [4.69, 9.17) is 4.74 Å². The van der Waals surface area contributed by atoms with Crippen molar-refractivity contribution in [3.05, 3.63) is 48.6 Å². The van der Waals surface area contributed by atoms with Gasteiger partial charge in [-0.2, -0.15) is 0 Å². The van der Waals surface area contributed by atoms with E-state index in [1.54, 1.807) is 6.08 Å². The minimum atomic E-state index is 0.560. The molecule has 0 spiro atoms. The van der Waals surface area contributed by atoms with Crippen LogP contribution < -0.4 is 10.1 Å². The zero-order chi connectivity index (χ0) is 11.2. The number of ether oxygens (including phenoxy) is 1. The van der Waals surface area contributed by atoms with Crippen LogP contribution >= 0.6 is 0 Å². The number of nitrogens with one attached hydrogen (secondary N) is 1. The monoisotopic (exact) mass is 215 g/mol. The predicted molar refractivity (Wildman–Crippen MR) is 67.6 cm³/mol. The van der Waals surface area contributed by atoms with Gasteiger partial charge in [0.05, 0.1) is 0 Å². The molecule has 2 heteroatoms. The maximum Gasteiger partial charge on any atom is 0.120 e. The van der Waals surface area contributed by atoms with Crippen molar-refractivity contribution in [3.63, 3.8) is 0 Å². The van der Waals surface area contributed by atoms with E-state index in [2.05, 4.69) is 30.1 Å². The molecule has 0 radical (unpaired) electrons. The molecule has 0 saturated heterocycles. The second-order valence-corrected chi connectivity index (χ2v) is 3.81. The highest BCUT2D eigenvalue weighted by atomic mass is 16.5. The summed E-state index contributed by atoms with van der Waals surface area (Å²) in [6, 6.07) is 8.25. The van der Waals surface area contributed by atoms with Crippen LogP contribution in [0.25, 0.3) is 5.57 Å². The first kappa shape index (κ1) is 11.0. The van der Waals surface area contributed by atoms with Crippen molar-refractivity contribution in [2.45, 2.75) is 6.42 Å². The van der Waals surface area contributed by atoms with E-state index in [9.17, 15) is 0 Å². The van der Waals surface area contributed by atoms with Crippen LogP contribution in [0.3, 0.4) is 0 Å². The summed E-state index contributed by atoms with van der Waals surface area (Å²) in [6.07, 6.45) is 5.09. The summed E-state index contributed by atoms with van der Waals surface area (Å²) in [6.45, 7) is 6.23. The Hall–Kier alpha value is -1.54. The highest BCUT2D eigenvalue weighted by Crippen LogP contribution is 2.23. The second kappa shape index (κ2) is 5.52. The van der Waals surface area contributed by atoms with E-state index in [0.29, 0.717) is 6.61 Å². The lowest BCUT2D eigenvalue weighted by atomic mass is 10.0. The van der Waals surface area contributed by atoms with Gasteiger partial charge in [0, 0.05) is 6.54 Å². The van der Waals surface area contributed by atoms with Crippen LogP contribution in [0.15, 0.2) is 43.0 Å². The molecule has 0 aliphatic carbocycles. The third kappa shape index (κ3) is 2.74. The Morgan fingerprint density at radius 2 is 2.38 bits per heavy atom. The van der Waals surface area contributed by atoms with E-state index < -0.39 is 0 Å². The van der Waals surface area contributed by atoms with Crippen molar-refractivity contribution in [3.8, 4) is 5.75 Å². The molecule has 1 aliphatic heterocycles. The van der Waals surface area contributed by atoms with Gasteiger partial charge in [-0.3, -0.25) is 0 Å². The molecule has 0 atom stereocenters. The summed E-state index contributed by atoms with van der Waals surface area (Å²) >= 11 is 0. The van der Waals surface area contributed by atoms with Crippen LogP contribution in [-0.4, -0.2) is 19.7 Å². The Bertz CT molecular complexity index is 395. The van der Waals surface area contributed by atoms with Gasteiger partial charge < -0.3 is 10.1 Å². The zero-order valence-corrected chi connectivity index (χ0v) is 9.41. The molecule has 1 aromatic rings. The number of hydrogen-bond acceptors (Lipinski definition) is 2. The highest BCUT2D eigenvalue weighted by molar-refractivity contribution is 5.67. The normalized spacial score (nSPS) is 15.4. The predicted octanol–water partition coefficient (Wildman–Crippen LogP) is 2.63. The molecule has 1 heterocycles. The summed E-state index contributed by atoms with van der Waals surface area (Å²) in [5.41, 5.74) is 2.67. The molecule has 0 amide bonds. The van der Waals surface area contributed by atoms with Gasteiger partial charge in [0.2, 0.25) is 0 Å². The lowest BCUT2D eigenvalue weighted by molar-refractivity contribution is 0.363. The molecule has 0 fully saturated rings. The third-order valence-corrected chi connectivity index (χ3v) is 2.64. The first-order valence-electron chi connectivity index (χ1n) is 5.64. The molecule has 2 rings (SSSR count). The Balaban J connectivity index is 2.14. The first-order chi connectivity index (χ1) is 7.90. The van der Waals surface area contributed by atoms with E-state index in [0.717, 1.165) is 25.3 Å². The van der Waals surface area contributed by atoms with Crippen LogP contribution in [0.1, 0.15) is 12.0 Å². The fourth-order valence-electron chi connectivity index (χ4n) is 1.83. The van der Waals surface area contributed by atoms with Crippen molar-refractivity contribution in [2.24, 2.45) is 0 Å². The molecule has 0 aromatic heterocycles. The van der Waals surface area contributed by atoms with Gasteiger partial charge in [-0.1, -0.05) is 30.9 Å². The van der Waals surface area contributed by atoms with E-state index in [1.165, 1.54) is 11.1 Å². The van der Waals surface area contributed by atoms with Crippen LogP contribution in [0.4, 0.5) is 0 Å². The van der Waals surface area contributed by atoms with Gasteiger partial charge in [-0.15, -0.1) is 0 Å². The molecule has 84 valence electrons. The Kier molecular flexibility index (Phi) is 3.78. The van der Waals surface area contributed by atoms with Crippen LogP contribution in [0.5, 0.6) is 5.75 Å². The summed E-state index contributed by atoms with van der Waals surface area (Å²) in [4.78, 5) is 0. The molecule has 0 unspecified atom stereocenters. The lowest BCUT2D eigenvalue weighted by Crippen LogP contribution is -2.19. The van der Waals surface area contributed by atoms with Crippen molar-refractivity contribution in [1.29, 1.82) is 0 Å². The van der Waals surface area contributed by atoms with Gasteiger partial charge in [-0.05, 0) is 36.2 Å². The molecule has 16 heavy (non-hydrogen) atoms. The van der Waals surface area contributed by atoms with Crippen LogP contribution in [-0.2, 0) is 0 Å². The maximum absolute atomic E-state index is 5.53. The summed E-state index contributed by atoms with van der Waals surface area (Å²) < 4.78 is 5.53. The summed E-state index contributed by atoms with van der Waals surface area (Å²) in [7, 11) is 0. The minimum absolute atomic E-state index is 0.560. The van der Waals surface area contributed by atoms with Gasteiger partial charge in [-0.25, -0.2) is 0 Å². The third-order valence-electron chi connectivity index (χ3n) is 2.64. The smallest absolute Gasteiger partial charge is 0.120 e. The van der Waals surface area contributed by atoms with Crippen LogP contribution in [0.2, 0.25) is 0 Å². The Morgan fingerprint density at radius 1 is 1.44 bits per heavy atom. The number of hydrogen-bond donors (Lipinski definition) is 1. The molecule has 2 nitrogen and oxygen atoms in total. The molecular formula is C14H17NO. The average Bonchev–Trinajstić information content (AvgIpc) is 2.38. The van der Waals surface area contributed by atoms with Crippen molar-refractivity contribution in [2.75, 3.05) is 19.7 Å². The topological polar surface area (TPSA) is 21.3 Å². The summed E-state index contributed by atoms with van der Waals surface area (Å²) in [5, 5.41) is 3.31. The molecule has 0 saturated carbocycles.